The number of esters is 6. The predicted octanol–water partition coefficient (Wildman–Crippen LogP) is 15.7. The van der Waals surface area contributed by atoms with Crippen molar-refractivity contribution in [2.45, 2.75) is 280 Å². The van der Waals surface area contributed by atoms with Gasteiger partial charge in [0.25, 0.3) is 5.97 Å². The number of fused-ring (bicyclic) bond motifs is 17. The first-order valence-electron chi connectivity index (χ1n) is 51.8. The molecule has 36 nitrogen and oxygen atoms in total. The van der Waals surface area contributed by atoms with Gasteiger partial charge in [-0.3, -0.25) is 78.0 Å². The second-order valence-corrected chi connectivity index (χ2v) is 40.2. The van der Waals surface area contributed by atoms with Crippen molar-refractivity contribution in [3.05, 3.63) is 123 Å². The number of aliphatic hydroxyl groups excluding tert-OH is 3. The maximum Gasteiger partial charge on any atom is 0.307 e. The Morgan fingerprint density at radius 2 is 0.685 bits per heavy atom. The van der Waals surface area contributed by atoms with Gasteiger partial charge in [0, 0.05) is 121 Å². The highest BCUT2D eigenvalue weighted by Gasteiger charge is 2.59. The first kappa shape index (κ1) is 112. The summed E-state index contributed by atoms with van der Waals surface area (Å²) in [5, 5.41) is 56.9. The van der Waals surface area contributed by atoms with Gasteiger partial charge in [-0.15, -0.1) is 0 Å². The van der Waals surface area contributed by atoms with E-state index in [1.807, 2.05) is 77.0 Å². The number of ketones is 2. The van der Waals surface area contributed by atoms with Gasteiger partial charge in [-0.1, -0.05) is 61.8 Å². The molecule has 5 aromatic heterocycles. The summed E-state index contributed by atoms with van der Waals surface area (Å²) in [4.78, 5) is 184. The van der Waals surface area contributed by atoms with Crippen LogP contribution < -0.4 is 25.0 Å². The molecular formula is C110H145N13O23. The fourth-order valence-corrected chi connectivity index (χ4v) is 21.8. The van der Waals surface area contributed by atoms with Gasteiger partial charge in [0.15, 0.2) is 11.6 Å². The van der Waals surface area contributed by atoms with Gasteiger partial charge in [0.1, 0.15) is 5.71 Å². The lowest BCUT2D eigenvalue weighted by Crippen LogP contribution is -2.45. The van der Waals surface area contributed by atoms with E-state index >= 15 is 0 Å². The predicted molar refractivity (Wildman–Crippen MR) is 554 cm³/mol. The van der Waals surface area contributed by atoms with Crippen LogP contribution in [0, 0.1) is 23.7 Å². The van der Waals surface area contributed by atoms with Crippen LogP contribution in [0.1, 0.15) is 287 Å². The van der Waals surface area contributed by atoms with Crippen LogP contribution in [-0.4, -0.2) is 224 Å². The molecule has 0 unspecified atom stereocenters. The van der Waals surface area contributed by atoms with Gasteiger partial charge >= 0.3 is 35.8 Å². The zero-order chi connectivity index (χ0) is 106. The lowest BCUT2D eigenvalue weighted by atomic mass is 9.75. The minimum atomic E-state index is -1.45. The van der Waals surface area contributed by atoms with Crippen LogP contribution in [0.2, 0.25) is 0 Å². The monoisotopic (exact) mass is 2020 g/mol. The number of rotatable bonds is 32. The van der Waals surface area contributed by atoms with Crippen molar-refractivity contribution in [1.29, 1.82) is 0 Å². The number of aliphatic hydroxyl groups is 3. The molecule has 1 fully saturated rings. The second-order valence-electron chi connectivity index (χ2n) is 40.2. The number of benzene rings is 4. The molecule has 0 atom stereocenters. The lowest BCUT2D eigenvalue weighted by Gasteiger charge is -2.28. The van der Waals surface area contributed by atoms with E-state index in [1.54, 1.807) is 81.4 Å². The van der Waals surface area contributed by atoms with Crippen molar-refractivity contribution in [1.82, 2.24) is 35.3 Å². The Labute approximate surface area is 851 Å². The third kappa shape index (κ3) is 23.9. The number of aromatic nitrogens is 7. The highest BCUT2D eigenvalue weighted by atomic mass is 16.6. The summed E-state index contributed by atoms with van der Waals surface area (Å²) in [6.07, 6.45) is 15.7. The number of H-pyrrole nitrogens is 5. The molecular weight excluding hydrogens is 1870 g/mol. The summed E-state index contributed by atoms with van der Waals surface area (Å²) < 4.78 is 31.4. The van der Waals surface area contributed by atoms with E-state index in [1.165, 1.54) is 22.3 Å². The van der Waals surface area contributed by atoms with Gasteiger partial charge in [-0.25, -0.2) is 0 Å². The molecule has 0 bridgehead atoms. The van der Waals surface area contributed by atoms with E-state index in [-0.39, 0.29) is 151 Å². The number of carboxylic acids is 1. The first-order chi connectivity index (χ1) is 69.8. The minimum absolute atomic E-state index is 0.00565. The second kappa shape index (κ2) is 49.3. The van der Waals surface area contributed by atoms with Gasteiger partial charge in [-0.05, 0) is 267 Å². The summed E-state index contributed by atoms with van der Waals surface area (Å²) in [6, 6.07) is 17.4. The molecule has 9 heterocycles. The molecule has 17 rings (SSSR count). The number of nitrogens with zero attached hydrogens (tertiary/aromatic N) is 7. The molecule has 146 heavy (non-hydrogen) atoms. The number of hydrogen-bond acceptors (Lipinski definition) is 26. The number of anilines is 5. The van der Waals surface area contributed by atoms with Crippen molar-refractivity contribution < 1.29 is 111 Å². The Kier molecular flexibility index (Phi) is 37.7. The summed E-state index contributed by atoms with van der Waals surface area (Å²) in [5.74, 6) is -4.00. The zero-order valence-electron chi connectivity index (χ0n) is 87.3. The van der Waals surface area contributed by atoms with Crippen LogP contribution in [0.3, 0.4) is 0 Å². The van der Waals surface area contributed by atoms with E-state index in [4.69, 9.17) is 43.4 Å². The molecule has 0 radical (unpaired) electrons. The molecule has 788 valence electrons. The number of hydrogen-bond donors (Lipinski definition) is 10. The molecule has 8 aliphatic rings. The largest absolute Gasteiger partial charge is 0.481 e. The number of amides is 4. The third-order valence-electron chi connectivity index (χ3n) is 27.7. The standard InChI is InChI=1S/C28H34N4O5.C27H37N3O6.C27H34N2O6.C24H30N4O3.C2H4O2.C2H6O/c1-5-36-23(33)12-28(13-24(34)37-6-2)20-11-21-19(10-22(20)32(27(28)35)15-16(3)4)18-9-7-8-17-14-29-31-25(17)26(18)30-21;1-5-35-24(32)15-27(16-25(33)36-6-2)20-14-19(28-29-21-10-8-7-9-11-23(21)31)12-13-22(20)30(26(27)34)17-18(3)4;1-5-34-23(31)13-27(14-24(32)35-6-2)19-12-20-18(11-21(19)29(26(27)33)15-16(3)4)17-9-7-8-10-22(30)25(17)28-20;1-14(2)13-28-20-10-17-16-5-3-4-15-12-25-27-21(15)22(16)26-19(17)11-18(20)24(6-8-29,7-9-30)23(28)31;1-2(3)4;1-2-3/h10-11,14,16,30H,5-9,12-13,15H2,1-4H3,(H,29,31);12-14,18,28H,5-11,15-17H2,1-4H3;11-12,16,28H,5-10,13-15H2,1-4H3;10-12,14,26,29-30H,3-9,13H2,1-2H3,(H,25,27);1H3,(H,3,4);3H,2H2,1H3/b;29-21+;;;;. The molecule has 0 saturated heterocycles. The van der Waals surface area contributed by atoms with Crippen LogP contribution in [0.4, 0.5) is 28.4 Å². The quantitative estimate of drug-likeness (QED) is 0.00615. The molecule has 4 aliphatic heterocycles. The zero-order valence-corrected chi connectivity index (χ0v) is 87.3. The van der Waals surface area contributed by atoms with E-state index < -0.39 is 63.4 Å². The van der Waals surface area contributed by atoms with Gasteiger partial charge in [-0.2, -0.15) is 15.3 Å². The van der Waals surface area contributed by atoms with Gasteiger partial charge in [0.2, 0.25) is 23.6 Å². The molecule has 4 aromatic carbocycles. The normalized spacial score (nSPS) is 16.5. The molecule has 9 aromatic rings. The van der Waals surface area contributed by atoms with Crippen molar-refractivity contribution in [3.63, 3.8) is 0 Å². The number of carbonyl (C=O) groups excluding carboxylic acids is 12. The van der Waals surface area contributed by atoms with Crippen molar-refractivity contribution in [2.24, 2.45) is 28.8 Å². The van der Waals surface area contributed by atoms with Gasteiger partial charge in [0.05, 0.1) is 146 Å². The Morgan fingerprint density at radius 3 is 1.04 bits per heavy atom. The smallest absolute Gasteiger partial charge is 0.307 e. The number of ether oxygens (including phenoxy) is 6. The Hall–Kier alpha value is -13.2. The number of Topliss-reactive ketones (excluding diaryl/α,β-unsaturated/α-hetero) is 2. The van der Waals surface area contributed by atoms with E-state index in [2.05, 4.69) is 77.9 Å². The van der Waals surface area contributed by atoms with Crippen molar-refractivity contribution >= 4 is 144 Å². The van der Waals surface area contributed by atoms with Crippen molar-refractivity contribution in [2.75, 3.05) is 111 Å². The molecule has 36 heteroatoms. The van der Waals surface area contributed by atoms with Crippen LogP contribution in [0.25, 0.3) is 55.5 Å². The average molecular weight is 2020 g/mol. The fourth-order valence-electron chi connectivity index (χ4n) is 21.8. The van der Waals surface area contributed by atoms with Crippen LogP contribution >= 0.6 is 0 Å². The number of aromatic amines is 5. The summed E-state index contributed by atoms with van der Waals surface area (Å²) in [5.41, 5.74) is 17.8. The number of carboxylic acid groups (broad SMARTS) is 1. The highest BCUT2D eigenvalue weighted by Crippen LogP contribution is 2.55. The van der Waals surface area contributed by atoms with E-state index in [9.17, 15) is 67.7 Å². The first-order valence-corrected chi connectivity index (χ1v) is 51.8. The van der Waals surface area contributed by atoms with Crippen LogP contribution in [-0.2, 0) is 140 Å². The number of nitrogens with one attached hydrogen (secondary N) is 6. The number of aliphatic carboxylic acids is 1. The molecule has 1 saturated carbocycles. The lowest BCUT2D eigenvalue weighted by molar-refractivity contribution is -0.152. The molecule has 4 aliphatic carbocycles. The maximum absolute atomic E-state index is 14.2. The number of carbonyl (C=O) groups is 13. The Bertz CT molecular complexity index is 6270. The Balaban J connectivity index is 0.000000169. The SMILES string of the molecule is CC(=O)O.CC(C)CN1C(=O)C(CCO)(CCO)c2cc3[nH]c4c(c3cc21)CCCc1cn[nH]c1-4.CCO.CCOC(=O)CC1(CC(=O)OCC)C(=O)N(CC(C)C)c2cc3c4c([nH]c3cc21)-c1[nH]ncc1CCC4.CCOC(=O)CC1(CC(=O)OCC)C(=O)N(CC(C)C)c2cc3c4c([nH]c3cc21)C(=O)CCCC4.CCOC(=O)CC1(CC(=O)OCC)C(=O)N(CC(C)C)c2ccc(N/N=C3\CCCCCC3=O)cc21. The highest BCUT2D eigenvalue weighted by molar-refractivity contribution is 6.40. The summed E-state index contributed by atoms with van der Waals surface area (Å²) >= 11 is 0. The van der Waals surface area contributed by atoms with Crippen LogP contribution in [0.15, 0.2) is 72.1 Å². The summed E-state index contributed by atoms with van der Waals surface area (Å²) in [6.45, 7) is 32.4. The van der Waals surface area contributed by atoms with Crippen LogP contribution in [0.5, 0.6) is 0 Å². The topological polar surface area (TPSA) is 500 Å². The average Bonchev–Trinajstić information content (AvgIpc) is 1.55. The van der Waals surface area contributed by atoms with E-state index in [0.717, 1.165) is 162 Å². The number of aryl methyl sites for hydroxylation is 5. The maximum atomic E-state index is 14.2. The fraction of sp³-hybridized carbons (Fsp3) is 0.545. The summed E-state index contributed by atoms with van der Waals surface area (Å²) in [7, 11) is 0. The van der Waals surface area contributed by atoms with E-state index in [0.29, 0.717) is 109 Å². The molecule has 4 amide bonds. The molecule has 0 spiro atoms. The minimum Gasteiger partial charge on any atom is -0.481 e. The Morgan fingerprint density at radius 1 is 0.384 bits per heavy atom. The molecule has 10 N–H and O–H groups in total. The van der Waals surface area contributed by atoms with Crippen molar-refractivity contribution in [3.8, 4) is 22.8 Å². The third-order valence-corrected chi connectivity index (χ3v) is 27.7. The van der Waals surface area contributed by atoms with Gasteiger partial charge < -0.3 is 83.4 Å². The number of hydrazone groups is 1.